The van der Waals surface area contributed by atoms with Crippen molar-refractivity contribution in [3.8, 4) is 5.75 Å². The van der Waals surface area contributed by atoms with Crippen molar-refractivity contribution in [2.75, 3.05) is 18.0 Å². The van der Waals surface area contributed by atoms with Gasteiger partial charge < -0.3 is 15.0 Å². The van der Waals surface area contributed by atoms with Crippen molar-refractivity contribution in [3.63, 3.8) is 0 Å². The van der Waals surface area contributed by atoms with E-state index in [1.54, 1.807) is 49.4 Å². The molecule has 0 unspecified atom stereocenters. The number of benzene rings is 3. The van der Waals surface area contributed by atoms with Crippen LogP contribution in [0.25, 0.3) is 0 Å². The number of nitrogens with one attached hydrogen (secondary N) is 1. The molecule has 224 valence electrons. The van der Waals surface area contributed by atoms with Crippen LogP contribution in [-0.2, 0) is 26.2 Å². The number of aryl methyl sites for hydroxylation is 1. The highest BCUT2D eigenvalue weighted by atomic mass is 32.2. The zero-order valence-corrected chi connectivity index (χ0v) is 25.1. The Hall–Kier alpha value is -3.92. The zero-order valence-electron chi connectivity index (χ0n) is 24.3. The Kier molecular flexibility index (Phi) is 10.2. The molecule has 10 heteroatoms. The van der Waals surface area contributed by atoms with Gasteiger partial charge in [-0.1, -0.05) is 55.2 Å². The van der Waals surface area contributed by atoms with Crippen LogP contribution >= 0.6 is 0 Å². The number of nitrogens with zero attached hydrogens (tertiary/aromatic N) is 2. The van der Waals surface area contributed by atoms with E-state index in [9.17, 15) is 22.4 Å². The van der Waals surface area contributed by atoms with Gasteiger partial charge in [-0.15, -0.1) is 0 Å². The Morgan fingerprint density at radius 2 is 1.62 bits per heavy atom. The molecular weight excluding hydrogens is 557 g/mol. The number of hydrogen-bond donors (Lipinski definition) is 1. The molecule has 0 aromatic heterocycles. The molecule has 0 spiro atoms. The molecule has 0 heterocycles. The molecule has 0 radical (unpaired) electrons. The predicted molar refractivity (Wildman–Crippen MR) is 160 cm³/mol. The summed E-state index contributed by atoms with van der Waals surface area (Å²) in [6.07, 6.45) is 4.89. The van der Waals surface area contributed by atoms with Crippen LogP contribution < -0.4 is 14.4 Å². The summed E-state index contributed by atoms with van der Waals surface area (Å²) in [4.78, 5) is 28.6. The molecule has 1 aliphatic carbocycles. The lowest BCUT2D eigenvalue weighted by atomic mass is 9.95. The maximum atomic E-state index is 14.7. The fourth-order valence-corrected chi connectivity index (χ4v) is 6.49. The van der Waals surface area contributed by atoms with Crippen LogP contribution in [0.4, 0.5) is 10.1 Å². The maximum absolute atomic E-state index is 14.7. The lowest BCUT2D eigenvalue weighted by Gasteiger charge is -2.33. The number of anilines is 1. The van der Waals surface area contributed by atoms with Crippen molar-refractivity contribution in [1.82, 2.24) is 10.2 Å². The fourth-order valence-electron chi connectivity index (χ4n) is 5.08. The minimum absolute atomic E-state index is 0.0126. The lowest BCUT2D eigenvalue weighted by Crippen LogP contribution is -2.53. The molecule has 3 aromatic rings. The second-order valence-corrected chi connectivity index (χ2v) is 12.5. The molecule has 3 aromatic carbocycles. The molecule has 1 fully saturated rings. The summed E-state index contributed by atoms with van der Waals surface area (Å²) in [5, 5.41) is 3.04. The van der Waals surface area contributed by atoms with Gasteiger partial charge in [0, 0.05) is 18.2 Å². The largest absolute Gasteiger partial charge is 0.497 e. The molecule has 0 bridgehead atoms. The number of amides is 2. The number of hydrogen-bond acceptors (Lipinski definition) is 5. The Morgan fingerprint density at radius 1 is 0.976 bits per heavy atom. The molecule has 2 amide bonds. The second-order valence-electron chi connectivity index (χ2n) is 10.7. The van der Waals surface area contributed by atoms with Gasteiger partial charge in [-0.3, -0.25) is 13.9 Å². The fraction of sp³-hybridized carbons (Fsp3) is 0.375. The highest BCUT2D eigenvalue weighted by molar-refractivity contribution is 7.92. The van der Waals surface area contributed by atoms with E-state index in [4.69, 9.17) is 4.74 Å². The number of sulfonamides is 1. The SMILES string of the molecule is COc1ccc(S(=O)(=O)N(CC(=O)N(Cc2ccccc2F)[C@@H](C)C(=O)NC2CCCCC2)c2ccc(C)cc2)cc1. The van der Waals surface area contributed by atoms with Crippen molar-refractivity contribution in [2.45, 2.75) is 69.5 Å². The van der Waals surface area contributed by atoms with Crippen LogP contribution in [0.15, 0.2) is 77.7 Å². The Bertz CT molecular complexity index is 1470. The van der Waals surface area contributed by atoms with Crippen LogP contribution in [0, 0.1) is 12.7 Å². The average Bonchev–Trinajstić information content (AvgIpc) is 3.00. The molecule has 1 aliphatic rings. The van der Waals surface area contributed by atoms with Crippen molar-refractivity contribution < 1.29 is 27.1 Å². The summed E-state index contributed by atoms with van der Waals surface area (Å²) in [6, 6.07) is 17.7. The van der Waals surface area contributed by atoms with Gasteiger partial charge in [0.25, 0.3) is 10.0 Å². The van der Waals surface area contributed by atoms with Gasteiger partial charge in [-0.25, -0.2) is 12.8 Å². The van der Waals surface area contributed by atoms with Crippen molar-refractivity contribution in [1.29, 1.82) is 0 Å². The van der Waals surface area contributed by atoms with Crippen LogP contribution in [-0.4, -0.2) is 50.9 Å². The molecule has 8 nitrogen and oxygen atoms in total. The first-order chi connectivity index (χ1) is 20.1. The summed E-state index contributed by atoms with van der Waals surface area (Å²) < 4.78 is 48.8. The van der Waals surface area contributed by atoms with Crippen molar-refractivity contribution in [3.05, 3.63) is 89.7 Å². The van der Waals surface area contributed by atoms with E-state index in [0.29, 0.717) is 5.75 Å². The third kappa shape index (κ3) is 7.47. The zero-order chi connectivity index (χ0) is 30.3. The monoisotopic (exact) mass is 595 g/mol. The maximum Gasteiger partial charge on any atom is 0.264 e. The minimum atomic E-state index is -4.21. The molecule has 0 aliphatic heterocycles. The van der Waals surface area contributed by atoms with E-state index in [-0.39, 0.29) is 34.6 Å². The van der Waals surface area contributed by atoms with E-state index in [2.05, 4.69) is 5.32 Å². The highest BCUT2D eigenvalue weighted by Crippen LogP contribution is 2.27. The molecule has 1 N–H and O–H groups in total. The molecule has 0 saturated heterocycles. The summed E-state index contributed by atoms with van der Waals surface area (Å²) in [5.74, 6) is -1.02. The molecule has 42 heavy (non-hydrogen) atoms. The average molecular weight is 596 g/mol. The number of ether oxygens (including phenoxy) is 1. The first kappa shape index (κ1) is 31.0. The van der Waals surface area contributed by atoms with E-state index in [0.717, 1.165) is 42.0 Å². The van der Waals surface area contributed by atoms with Crippen LogP contribution in [0.5, 0.6) is 5.75 Å². The summed E-state index contributed by atoms with van der Waals surface area (Å²) >= 11 is 0. The Morgan fingerprint density at radius 3 is 2.24 bits per heavy atom. The standard InChI is InChI=1S/C32H38FN3O5S/c1-23-13-15-27(16-14-23)36(42(39,40)29-19-17-28(41-3)18-20-29)22-31(37)35(21-25-9-7-8-12-30(25)33)24(2)32(38)34-26-10-5-4-6-11-26/h7-9,12-20,24,26H,4-6,10-11,21-22H2,1-3H3,(H,34,38)/t24-/m0/s1. The number of halogens is 1. The molecule has 4 rings (SSSR count). The van der Waals surface area contributed by atoms with Crippen molar-refractivity contribution in [2.24, 2.45) is 0 Å². The van der Waals surface area contributed by atoms with Gasteiger partial charge in [0.1, 0.15) is 24.2 Å². The molecular formula is C32H38FN3O5S. The Labute approximate surface area is 247 Å². The van der Waals surface area contributed by atoms with E-state index in [1.807, 2.05) is 6.92 Å². The number of carbonyl (C=O) groups is 2. The highest BCUT2D eigenvalue weighted by Gasteiger charge is 2.33. The Balaban J connectivity index is 1.68. The van der Waals surface area contributed by atoms with Gasteiger partial charge in [0.05, 0.1) is 17.7 Å². The van der Waals surface area contributed by atoms with E-state index in [1.165, 1.54) is 42.3 Å². The smallest absolute Gasteiger partial charge is 0.264 e. The van der Waals surface area contributed by atoms with Crippen LogP contribution in [0.1, 0.15) is 50.2 Å². The van der Waals surface area contributed by atoms with Gasteiger partial charge >= 0.3 is 0 Å². The third-order valence-corrected chi connectivity index (χ3v) is 9.45. The van der Waals surface area contributed by atoms with Gasteiger partial charge in [0.15, 0.2) is 0 Å². The second kappa shape index (κ2) is 13.8. The molecule has 1 saturated carbocycles. The summed E-state index contributed by atoms with van der Waals surface area (Å²) in [6.45, 7) is 2.67. The van der Waals surface area contributed by atoms with E-state index >= 15 is 0 Å². The van der Waals surface area contributed by atoms with Crippen molar-refractivity contribution >= 4 is 27.5 Å². The summed E-state index contributed by atoms with van der Waals surface area (Å²) in [5.41, 5.74) is 1.43. The predicted octanol–water partition coefficient (Wildman–Crippen LogP) is 5.20. The van der Waals surface area contributed by atoms with Gasteiger partial charge in [-0.05, 0) is 69.2 Å². The third-order valence-electron chi connectivity index (χ3n) is 7.67. The lowest BCUT2D eigenvalue weighted by molar-refractivity contribution is -0.139. The van der Waals surface area contributed by atoms with Crippen LogP contribution in [0.2, 0.25) is 0 Å². The first-order valence-electron chi connectivity index (χ1n) is 14.2. The van der Waals surface area contributed by atoms with Crippen LogP contribution in [0.3, 0.4) is 0 Å². The topological polar surface area (TPSA) is 96.0 Å². The normalized spacial score (nSPS) is 14.6. The minimum Gasteiger partial charge on any atom is -0.497 e. The quantitative estimate of drug-likeness (QED) is 0.329. The number of rotatable bonds is 11. The van der Waals surface area contributed by atoms with E-state index < -0.39 is 34.3 Å². The first-order valence-corrected chi connectivity index (χ1v) is 15.6. The molecule has 1 atom stereocenters. The number of methoxy groups -OCH3 is 1. The summed E-state index contributed by atoms with van der Waals surface area (Å²) in [7, 11) is -2.73. The number of carbonyl (C=O) groups excluding carboxylic acids is 2. The van der Waals surface area contributed by atoms with Gasteiger partial charge in [0.2, 0.25) is 11.8 Å². The van der Waals surface area contributed by atoms with Gasteiger partial charge in [-0.2, -0.15) is 0 Å².